The SMILES string of the molecule is COC(=O)C1CCCN1C1CCCC1O. The summed E-state index contributed by atoms with van der Waals surface area (Å²) in [5.41, 5.74) is 0. The number of ether oxygens (including phenoxy) is 1. The predicted molar refractivity (Wildman–Crippen MR) is 55.4 cm³/mol. The molecule has 1 aliphatic carbocycles. The van der Waals surface area contributed by atoms with Crippen molar-refractivity contribution < 1.29 is 14.6 Å². The molecule has 0 radical (unpaired) electrons. The summed E-state index contributed by atoms with van der Waals surface area (Å²) >= 11 is 0. The van der Waals surface area contributed by atoms with E-state index in [9.17, 15) is 9.90 Å². The molecule has 86 valence electrons. The van der Waals surface area contributed by atoms with Crippen molar-refractivity contribution in [3.05, 3.63) is 0 Å². The molecule has 0 spiro atoms. The maximum absolute atomic E-state index is 11.5. The third kappa shape index (κ3) is 2.01. The van der Waals surface area contributed by atoms with Crippen LogP contribution in [0.5, 0.6) is 0 Å². The largest absolute Gasteiger partial charge is 0.468 e. The van der Waals surface area contributed by atoms with Crippen molar-refractivity contribution in [3.8, 4) is 0 Å². The van der Waals surface area contributed by atoms with Crippen LogP contribution in [-0.2, 0) is 9.53 Å². The fraction of sp³-hybridized carbons (Fsp3) is 0.909. The summed E-state index contributed by atoms with van der Waals surface area (Å²) in [4.78, 5) is 13.7. The maximum atomic E-state index is 11.5. The molecular weight excluding hydrogens is 194 g/mol. The van der Waals surface area contributed by atoms with E-state index < -0.39 is 0 Å². The number of hydrogen-bond donors (Lipinski definition) is 1. The van der Waals surface area contributed by atoms with Gasteiger partial charge in [-0.15, -0.1) is 0 Å². The number of rotatable bonds is 2. The highest BCUT2D eigenvalue weighted by Gasteiger charge is 2.40. The summed E-state index contributed by atoms with van der Waals surface area (Å²) < 4.78 is 4.80. The van der Waals surface area contributed by atoms with Crippen molar-refractivity contribution in [1.29, 1.82) is 0 Å². The average Bonchev–Trinajstić information content (AvgIpc) is 2.84. The van der Waals surface area contributed by atoms with Gasteiger partial charge in [0.15, 0.2) is 0 Å². The normalized spacial score (nSPS) is 37.1. The van der Waals surface area contributed by atoms with Gasteiger partial charge in [0, 0.05) is 6.04 Å². The Balaban J connectivity index is 2.04. The van der Waals surface area contributed by atoms with Crippen molar-refractivity contribution in [1.82, 2.24) is 4.90 Å². The first-order chi connectivity index (χ1) is 7.24. The van der Waals surface area contributed by atoms with E-state index in [1.165, 1.54) is 7.11 Å². The van der Waals surface area contributed by atoms with Gasteiger partial charge < -0.3 is 9.84 Å². The minimum Gasteiger partial charge on any atom is -0.468 e. The summed E-state index contributed by atoms with van der Waals surface area (Å²) in [6, 6.07) is 0.0596. The number of aliphatic hydroxyl groups excluding tert-OH is 1. The van der Waals surface area contributed by atoms with E-state index in [1.54, 1.807) is 0 Å². The standard InChI is InChI=1S/C11H19NO3/c1-15-11(14)9-5-3-7-12(9)8-4-2-6-10(8)13/h8-10,13H,2-7H2,1H3. The molecule has 2 rings (SSSR count). The molecule has 15 heavy (non-hydrogen) atoms. The Morgan fingerprint density at radius 1 is 1.33 bits per heavy atom. The highest BCUT2D eigenvalue weighted by atomic mass is 16.5. The molecule has 1 saturated heterocycles. The van der Waals surface area contributed by atoms with Gasteiger partial charge in [0.25, 0.3) is 0 Å². The molecule has 3 unspecified atom stereocenters. The number of carbonyl (C=O) groups is 1. The van der Waals surface area contributed by atoms with Crippen LogP contribution in [0.2, 0.25) is 0 Å². The topological polar surface area (TPSA) is 49.8 Å². The molecule has 2 aliphatic rings. The Bertz CT molecular complexity index is 244. The molecular formula is C11H19NO3. The molecule has 4 nitrogen and oxygen atoms in total. The molecule has 4 heteroatoms. The van der Waals surface area contributed by atoms with E-state index >= 15 is 0 Å². The lowest BCUT2D eigenvalue weighted by atomic mass is 10.1. The Morgan fingerprint density at radius 2 is 2.13 bits per heavy atom. The van der Waals surface area contributed by atoms with E-state index in [-0.39, 0.29) is 24.2 Å². The summed E-state index contributed by atoms with van der Waals surface area (Å²) in [6.45, 7) is 0.918. The van der Waals surface area contributed by atoms with Gasteiger partial charge in [0.05, 0.1) is 13.2 Å². The lowest BCUT2D eigenvalue weighted by Gasteiger charge is -2.30. The molecule has 1 saturated carbocycles. The van der Waals surface area contributed by atoms with Crippen LogP contribution in [0.15, 0.2) is 0 Å². The number of esters is 1. The lowest BCUT2D eigenvalue weighted by molar-refractivity contribution is -0.147. The third-order valence-corrected chi connectivity index (χ3v) is 3.64. The van der Waals surface area contributed by atoms with Crippen molar-refractivity contribution in [2.45, 2.75) is 50.3 Å². The van der Waals surface area contributed by atoms with Gasteiger partial charge in [-0.3, -0.25) is 9.69 Å². The van der Waals surface area contributed by atoms with Crippen LogP contribution in [0.1, 0.15) is 32.1 Å². The van der Waals surface area contributed by atoms with Gasteiger partial charge in [-0.2, -0.15) is 0 Å². The molecule has 1 aliphatic heterocycles. The van der Waals surface area contributed by atoms with Crippen LogP contribution in [0.25, 0.3) is 0 Å². The zero-order valence-corrected chi connectivity index (χ0v) is 9.19. The minimum atomic E-state index is -0.254. The van der Waals surface area contributed by atoms with E-state index in [0.29, 0.717) is 0 Å². The Labute approximate surface area is 90.2 Å². The van der Waals surface area contributed by atoms with E-state index in [1.807, 2.05) is 0 Å². The molecule has 2 fully saturated rings. The first-order valence-corrected chi connectivity index (χ1v) is 5.75. The fourth-order valence-corrected chi connectivity index (χ4v) is 2.88. The first kappa shape index (κ1) is 10.9. The van der Waals surface area contributed by atoms with Gasteiger partial charge in [0.2, 0.25) is 0 Å². The lowest BCUT2D eigenvalue weighted by Crippen LogP contribution is -2.46. The smallest absolute Gasteiger partial charge is 0.323 e. The van der Waals surface area contributed by atoms with Crippen LogP contribution in [-0.4, -0.2) is 47.8 Å². The number of methoxy groups -OCH3 is 1. The number of carbonyl (C=O) groups excluding carboxylic acids is 1. The van der Waals surface area contributed by atoms with Gasteiger partial charge in [0.1, 0.15) is 6.04 Å². The molecule has 0 aromatic heterocycles. The van der Waals surface area contributed by atoms with Crippen molar-refractivity contribution in [2.75, 3.05) is 13.7 Å². The minimum absolute atomic E-state index is 0.118. The van der Waals surface area contributed by atoms with Gasteiger partial charge in [-0.05, 0) is 38.6 Å². The molecule has 3 atom stereocenters. The average molecular weight is 213 g/mol. The number of hydrogen-bond acceptors (Lipinski definition) is 4. The van der Waals surface area contributed by atoms with Gasteiger partial charge in [-0.25, -0.2) is 0 Å². The van der Waals surface area contributed by atoms with Crippen molar-refractivity contribution >= 4 is 5.97 Å². The van der Waals surface area contributed by atoms with Crippen LogP contribution in [0, 0.1) is 0 Å². The number of aliphatic hydroxyl groups is 1. The Morgan fingerprint density at radius 3 is 2.73 bits per heavy atom. The molecule has 0 aromatic carbocycles. The van der Waals surface area contributed by atoms with E-state index in [4.69, 9.17) is 4.74 Å². The van der Waals surface area contributed by atoms with E-state index in [2.05, 4.69) is 4.90 Å². The zero-order valence-electron chi connectivity index (χ0n) is 9.19. The van der Waals surface area contributed by atoms with Gasteiger partial charge in [-0.1, -0.05) is 0 Å². The zero-order chi connectivity index (χ0) is 10.8. The molecule has 0 amide bonds. The summed E-state index contributed by atoms with van der Waals surface area (Å²) in [6.07, 6.45) is 4.59. The van der Waals surface area contributed by atoms with Gasteiger partial charge >= 0.3 is 5.97 Å². The second kappa shape index (κ2) is 4.49. The fourth-order valence-electron chi connectivity index (χ4n) is 2.88. The second-order valence-corrected chi connectivity index (χ2v) is 4.48. The van der Waals surface area contributed by atoms with E-state index in [0.717, 1.165) is 38.6 Å². The van der Waals surface area contributed by atoms with Crippen LogP contribution >= 0.6 is 0 Å². The summed E-state index contributed by atoms with van der Waals surface area (Å²) in [5, 5.41) is 9.83. The van der Waals surface area contributed by atoms with Crippen LogP contribution < -0.4 is 0 Å². The maximum Gasteiger partial charge on any atom is 0.323 e. The summed E-state index contributed by atoms with van der Waals surface area (Å²) in [7, 11) is 1.43. The van der Waals surface area contributed by atoms with Crippen LogP contribution in [0.4, 0.5) is 0 Å². The second-order valence-electron chi connectivity index (χ2n) is 4.48. The quantitative estimate of drug-likeness (QED) is 0.680. The highest BCUT2D eigenvalue weighted by molar-refractivity contribution is 5.76. The third-order valence-electron chi connectivity index (χ3n) is 3.64. The number of likely N-dealkylation sites (tertiary alicyclic amines) is 1. The Hall–Kier alpha value is -0.610. The molecule has 1 heterocycles. The molecule has 1 N–H and O–H groups in total. The van der Waals surface area contributed by atoms with Crippen LogP contribution in [0.3, 0.4) is 0 Å². The highest BCUT2D eigenvalue weighted by Crippen LogP contribution is 2.30. The van der Waals surface area contributed by atoms with Crippen molar-refractivity contribution in [2.24, 2.45) is 0 Å². The molecule has 0 bridgehead atoms. The number of nitrogens with zero attached hydrogens (tertiary/aromatic N) is 1. The molecule has 0 aromatic rings. The Kier molecular flexibility index (Phi) is 3.26. The van der Waals surface area contributed by atoms with Crippen molar-refractivity contribution in [3.63, 3.8) is 0 Å². The first-order valence-electron chi connectivity index (χ1n) is 5.75. The monoisotopic (exact) mass is 213 g/mol. The predicted octanol–water partition coefficient (Wildman–Crippen LogP) is 0.537. The summed E-state index contributed by atoms with van der Waals surface area (Å²) in [5.74, 6) is -0.147.